The van der Waals surface area contributed by atoms with Crippen LogP contribution < -0.4 is 10.6 Å². The Morgan fingerprint density at radius 3 is 2.12 bits per heavy atom. The van der Waals surface area contributed by atoms with E-state index in [0.717, 1.165) is 0 Å². The smallest absolute Gasteiger partial charge is 0.0430 e. The number of hydrogen-bond donors (Lipinski definition) is 1. The Hall–Kier alpha value is -1.02. The second kappa shape index (κ2) is 4.02. The maximum absolute atomic E-state index is 6.15. The number of hydrogen-bond acceptors (Lipinski definition) is 2. The van der Waals surface area contributed by atoms with E-state index in [9.17, 15) is 0 Å². The summed E-state index contributed by atoms with van der Waals surface area (Å²) in [5, 5.41) is 0. The SMILES string of the molecule is Cc1cccc(C)c1N1C2CCC1CC(N)C2. The van der Waals surface area contributed by atoms with Crippen LogP contribution in [0.15, 0.2) is 18.2 Å². The van der Waals surface area contributed by atoms with Gasteiger partial charge in [-0.3, -0.25) is 0 Å². The molecule has 2 aliphatic rings. The highest BCUT2D eigenvalue weighted by molar-refractivity contribution is 5.61. The lowest BCUT2D eigenvalue weighted by atomic mass is 9.95. The molecule has 2 aliphatic heterocycles. The van der Waals surface area contributed by atoms with Crippen LogP contribution in [0.25, 0.3) is 0 Å². The molecule has 2 bridgehead atoms. The zero-order chi connectivity index (χ0) is 12.0. The van der Waals surface area contributed by atoms with Crippen LogP contribution >= 0.6 is 0 Å². The summed E-state index contributed by atoms with van der Waals surface area (Å²) in [5.74, 6) is 0. The van der Waals surface area contributed by atoms with Crippen molar-refractivity contribution in [3.63, 3.8) is 0 Å². The van der Waals surface area contributed by atoms with Gasteiger partial charge in [0.05, 0.1) is 0 Å². The highest BCUT2D eigenvalue weighted by Gasteiger charge is 2.40. The van der Waals surface area contributed by atoms with E-state index in [1.54, 1.807) is 0 Å². The monoisotopic (exact) mass is 230 g/mol. The predicted octanol–water partition coefficient (Wildman–Crippen LogP) is 2.76. The molecule has 0 aliphatic carbocycles. The van der Waals surface area contributed by atoms with Crippen LogP contribution in [0.4, 0.5) is 5.69 Å². The molecule has 0 saturated carbocycles. The first kappa shape index (κ1) is 11.1. The topological polar surface area (TPSA) is 29.3 Å². The van der Waals surface area contributed by atoms with Gasteiger partial charge in [0.2, 0.25) is 0 Å². The molecule has 2 N–H and O–H groups in total. The summed E-state index contributed by atoms with van der Waals surface area (Å²) in [7, 11) is 0. The Balaban J connectivity index is 2.00. The van der Waals surface area contributed by atoms with E-state index in [2.05, 4.69) is 36.9 Å². The molecule has 2 fully saturated rings. The summed E-state index contributed by atoms with van der Waals surface area (Å²) in [6, 6.07) is 8.42. The number of piperidine rings is 1. The minimum atomic E-state index is 0.424. The highest BCUT2D eigenvalue weighted by atomic mass is 15.2. The van der Waals surface area contributed by atoms with Crippen molar-refractivity contribution >= 4 is 5.69 Å². The summed E-state index contributed by atoms with van der Waals surface area (Å²) in [6.07, 6.45) is 4.99. The lowest BCUT2D eigenvalue weighted by molar-refractivity contribution is 0.414. The zero-order valence-electron chi connectivity index (χ0n) is 10.8. The summed E-state index contributed by atoms with van der Waals surface area (Å²) in [6.45, 7) is 4.46. The van der Waals surface area contributed by atoms with E-state index >= 15 is 0 Å². The zero-order valence-corrected chi connectivity index (χ0v) is 10.8. The van der Waals surface area contributed by atoms with Crippen LogP contribution in [0.2, 0.25) is 0 Å². The molecular weight excluding hydrogens is 208 g/mol. The van der Waals surface area contributed by atoms with Crippen molar-refractivity contribution in [2.24, 2.45) is 5.73 Å². The number of anilines is 1. The highest BCUT2D eigenvalue weighted by Crippen LogP contribution is 2.41. The Bertz CT molecular complexity index is 393. The standard InChI is InChI=1S/C15H22N2/c1-10-4-3-5-11(2)15(10)17-13-6-7-14(17)9-12(16)8-13/h3-5,12-14H,6-9,16H2,1-2H3. The fraction of sp³-hybridized carbons (Fsp3) is 0.600. The van der Waals surface area contributed by atoms with E-state index in [4.69, 9.17) is 5.73 Å². The van der Waals surface area contributed by atoms with Crippen molar-refractivity contribution in [2.45, 2.75) is 57.7 Å². The average molecular weight is 230 g/mol. The number of nitrogens with two attached hydrogens (primary N) is 1. The molecule has 17 heavy (non-hydrogen) atoms. The first-order valence-electron chi connectivity index (χ1n) is 6.77. The molecule has 3 rings (SSSR count). The predicted molar refractivity (Wildman–Crippen MR) is 72.4 cm³/mol. The van der Waals surface area contributed by atoms with Crippen molar-refractivity contribution in [2.75, 3.05) is 4.90 Å². The molecule has 2 heterocycles. The molecule has 2 nitrogen and oxygen atoms in total. The molecule has 2 unspecified atom stereocenters. The molecule has 1 aromatic rings. The van der Waals surface area contributed by atoms with Crippen LogP contribution in [0.3, 0.4) is 0 Å². The van der Waals surface area contributed by atoms with Crippen LogP contribution in [-0.2, 0) is 0 Å². The second-order valence-electron chi connectivity index (χ2n) is 5.76. The van der Waals surface area contributed by atoms with Gasteiger partial charge in [-0.1, -0.05) is 18.2 Å². The third-order valence-corrected chi connectivity index (χ3v) is 4.47. The fourth-order valence-electron chi connectivity index (χ4n) is 3.80. The minimum absolute atomic E-state index is 0.424. The maximum atomic E-state index is 6.15. The third-order valence-electron chi connectivity index (χ3n) is 4.47. The van der Waals surface area contributed by atoms with E-state index < -0.39 is 0 Å². The summed E-state index contributed by atoms with van der Waals surface area (Å²) in [4.78, 5) is 2.67. The number of fused-ring (bicyclic) bond motifs is 2. The summed E-state index contributed by atoms with van der Waals surface area (Å²) in [5.41, 5.74) is 10.5. The third kappa shape index (κ3) is 1.75. The lowest BCUT2D eigenvalue weighted by Gasteiger charge is -2.41. The lowest BCUT2D eigenvalue weighted by Crippen LogP contribution is -2.48. The van der Waals surface area contributed by atoms with Gasteiger partial charge in [-0.15, -0.1) is 0 Å². The molecular formula is C15H22N2. The Kier molecular flexibility index (Phi) is 2.62. The summed E-state index contributed by atoms with van der Waals surface area (Å²) < 4.78 is 0. The normalized spacial score (nSPS) is 31.9. The number of aryl methyl sites for hydroxylation is 2. The van der Waals surface area contributed by atoms with Gasteiger partial charge in [0.25, 0.3) is 0 Å². The number of benzene rings is 1. The van der Waals surface area contributed by atoms with E-state index in [0.29, 0.717) is 18.1 Å². The quantitative estimate of drug-likeness (QED) is 0.804. The summed E-state index contributed by atoms with van der Waals surface area (Å²) >= 11 is 0. The van der Waals surface area contributed by atoms with Gasteiger partial charge >= 0.3 is 0 Å². The molecule has 0 radical (unpaired) electrons. The molecule has 2 heteroatoms. The molecule has 0 aromatic heterocycles. The molecule has 1 aromatic carbocycles. The average Bonchev–Trinajstić information content (AvgIpc) is 2.54. The van der Waals surface area contributed by atoms with Gasteiger partial charge in [-0.25, -0.2) is 0 Å². The Morgan fingerprint density at radius 1 is 1.06 bits per heavy atom. The van der Waals surface area contributed by atoms with Crippen molar-refractivity contribution in [1.82, 2.24) is 0 Å². The van der Waals surface area contributed by atoms with E-state index in [-0.39, 0.29) is 0 Å². The number of nitrogens with zero attached hydrogens (tertiary/aromatic N) is 1. The minimum Gasteiger partial charge on any atom is -0.365 e. The van der Waals surface area contributed by atoms with Crippen molar-refractivity contribution < 1.29 is 0 Å². The maximum Gasteiger partial charge on any atom is 0.0430 e. The van der Waals surface area contributed by atoms with Gasteiger partial charge in [0, 0.05) is 23.8 Å². The first-order valence-corrected chi connectivity index (χ1v) is 6.77. The second-order valence-corrected chi connectivity index (χ2v) is 5.76. The van der Waals surface area contributed by atoms with Crippen molar-refractivity contribution in [3.05, 3.63) is 29.3 Å². The number of rotatable bonds is 1. The van der Waals surface area contributed by atoms with E-state index in [1.165, 1.54) is 42.5 Å². The van der Waals surface area contributed by atoms with Crippen molar-refractivity contribution in [3.8, 4) is 0 Å². The molecule has 2 saturated heterocycles. The van der Waals surface area contributed by atoms with Crippen LogP contribution in [-0.4, -0.2) is 18.1 Å². The van der Waals surface area contributed by atoms with Gasteiger partial charge in [-0.2, -0.15) is 0 Å². The Morgan fingerprint density at radius 2 is 1.59 bits per heavy atom. The van der Waals surface area contributed by atoms with Gasteiger partial charge in [0.15, 0.2) is 0 Å². The number of para-hydroxylation sites is 1. The molecule has 0 amide bonds. The fourth-order valence-corrected chi connectivity index (χ4v) is 3.80. The van der Waals surface area contributed by atoms with Crippen LogP contribution in [0.1, 0.15) is 36.8 Å². The van der Waals surface area contributed by atoms with Crippen molar-refractivity contribution in [1.29, 1.82) is 0 Å². The van der Waals surface area contributed by atoms with Gasteiger partial charge in [-0.05, 0) is 50.7 Å². The molecule has 92 valence electrons. The van der Waals surface area contributed by atoms with Crippen LogP contribution in [0, 0.1) is 13.8 Å². The first-order chi connectivity index (χ1) is 8.16. The Labute approximate surface area is 104 Å². The molecule has 0 spiro atoms. The largest absolute Gasteiger partial charge is 0.365 e. The molecule has 2 atom stereocenters. The van der Waals surface area contributed by atoms with Gasteiger partial charge in [0.1, 0.15) is 0 Å². The van der Waals surface area contributed by atoms with E-state index in [1.807, 2.05) is 0 Å². The van der Waals surface area contributed by atoms with Gasteiger partial charge < -0.3 is 10.6 Å². The van der Waals surface area contributed by atoms with Crippen LogP contribution in [0.5, 0.6) is 0 Å².